The smallest absolute Gasteiger partial charge is 0.261 e. The number of rotatable bonds is 8. The highest BCUT2D eigenvalue weighted by atomic mass is 16.2. The molecule has 2 aromatic heterocycles. The average Bonchev–Trinajstić information content (AvgIpc) is 2.73. The molecular weight excluding hydrogens is 374 g/mol. The molecule has 0 aliphatic carbocycles. The number of para-hydroxylation sites is 1. The van der Waals surface area contributed by atoms with Gasteiger partial charge >= 0.3 is 0 Å². The predicted molar refractivity (Wildman–Crippen MR) is 121 cm³/mol. The van der Waals surface area contributed by atoms with Crippen LogP contribution >= 0.6 is 0 Å². The molecule has 3 rings (SSSR count). The summed E-state index contributed by atoms with van der Waals surface area (Å²) in [6.45, 7) is 6.61. The zero-order valence-corrected chi connectivity index (χ0v) is 17.9. The molecule has 156 valence electrons. The standard InChI is InChI=1S/C25H29N3O2/c1-4-5-6-11-22-24(25(30)27-21-10-8-7-9-18(21)2)23(29)16-19(3)28(22)17-20-12-14-26-15-13-20/h7-10,12-16H,4-6,11,17H2,1-3H3,(H,27,30). The Hall–Kier alpha value is -3.21. The molecule has 0 aliphatic rings. The molecule has 0 fully saturated rings. The Morgan fingerprint density at radius 3 is 2.50 bits per heavy atom. The summed E-state index contributed by atoms with van der Waals surface area (Å²) in [6, 6.07) is 13.1. The Morgan fingerprint density at radius 2 is 1.80 bits per heavy atom. The van der Waals surface area contributed by atoms with Crippen LogP contribution < -0.4 is 10.7 Å². The number of amides is 1. The van der Waals surface area contributed by atoms with Gasteiger partial charge in [-0.15, -0.1) is 0 Å². The largest absolute Gasteiger partial charge is 0.343 e. The van der Waals surface area contributed by atoms with E-state index in [9.17, 15) is 9.59 Å². The first-order valence-corrected chi connectivity index (χ1v) is 10.5. The van der Waals surface area contributed by atoms with Gasteiger partial charge in [-0.1, -0.05) is 38.0 Å². The van der Waals surface area contributed by atoms with Crippen molar-refractivity contribution in [3.63, 3.8) is 0 Å². The lowest BCUT2D eigenvalue weighted by Gasteiger charge is -2.20. The van der Waals surface area contributed by atoms with E-state index < -0.39 is 0 Å². The van der Waals surface area contributed by atoms with Crippen molar-refractivity contribution in [1.82, 2.24) is 9.55 Å². The number of nitrogens with one attached hydrogen (secondary N) is 1. The zero-order valence-electron chi connectivity index (χ0n) is 17.9. The molecule has 0 spiro atoms. The maximum atomic E-state index is 13.2. The third-order valence-electron chi connectivity index (χ3n) is 5.35. The Balaban J connectivity index is 2.05. The highest BCUT2D eigenvalue weighted by Crippen LogP contribution is 2.19. The first kappa shape index (κ1) is 21.5. The number of nitrogens with zero attached hydrogens (tertiary/aromatic N) is 2. The van der Waals surface area contributed by atoms with E-state index in [1.54, 1.807) is 18.5 Å². The highest BCUT2D eigenvalue weighted by Gasteiger charge is 2.21. The number of carbonyl (C=O) groups is 1. The van der Waals surface area contributed by atoms with Gasteiger partial charge in [0.2, 0.25) is 0 Å². The fourth-order valence-electron chi connectivity index (χ4n) is 3.66. The number of unbranched alkanes of at least 4 members (excludes halogenated alkanes) is 2. The maximum Gasteiger partial charge on any atom is 0.261 e. The van der Waals surface area contributed by atoms with Crippen molar-refractivity contribution < 1.29 is 4.79 Å². The van der Waals surface area contributed by atoms with Crippen molar-refractivity contribution in [1.29, 1.82) is 0 Å². The fraction of sp³-hybridized carbons (Fsp3) is 0.320. The van der Waals surface area contributed by atoms with Crippen molar-refractivity contribution in [2.75, 3.05) is 5.32 Å². The zero-order chi connectivity index (χ0) is 21.5. The molecule has 5 nitrogen and oxygen atoms in total. The topological polar surface area (TPSA) is 64.0 Å². The normalized spacial score (nSPS) is 10.8. The lowest BCUT2D eigenvalue weighted by molar-refractivity contribution is 0.102. The minimum absolute atomic E-state index is 0.226. The van der Waals surface area contributed by atoms with Gasteiger partial charge in [-0.25, -0.2) is 0 Å². The third-order valence-corrected chi connectivity index (χ3v) is 5.35. The van der Waals surface area contributed by atoms with E-state index in [0.29, 0.717) is 13.0 Å². The number of aryl methyl sites for hydroxylation is 2. The van der Waals surface area contributed by atoms with Gasteiger partial charge in [-0.3, -0.25) is 14.6 Å². The molecule has 0 aliphatic heterocycles. The van der Waals surface area contributed by atoms with E-state index in [4.69, 9.17) is 0 Å². The van der Waals surface area contributed by atoms with Gasteiger partial charge < -0.3 is 9.88 Å². The lowest BCUT2D eigenvalue weighted by Crippen LogP contribution is -2.29. The third kappa shape index (κ3) is 5.03. The molecule has 5 heteroatoms. The Kier molecular flexibility index (Phi) is 7.17. The minimum Gasteiger partial charge on any atom is -0.343 e. The molecule has 1 aromatic carbocycles. The molecule has 30 heavy (non-hydrogen) atoms. The summed E-state index contributed by atoms with van der Waals surface area (Å²) < 4.78 is 2.10. The van der Waals surface area contributed by atoms with E-state index in [-0.39, 0.29) is 16.9 Å². The summed E-state index contributed by atoms with van der Waals surface area (Å²) in [4.78, 5) is 30.2. The van der Waals surface area contributed by atoms with Crippen LogP contribution in [0.2, 0.25) is 0 Å². The molecule has 1 amide bonds. The lowest BCUT2D eigenvalue weighted by atomic mass is 10.0. The van der Waals surface area contributed by atoms with Crippen LogP contribution in [0.1, 0.15) is 59.1 Å². The molecule has 0 atom stereocenters. The van der Waals surface area contributed by atoms with Crippen LogP contribution in [-0.4, -0.2) is 15.5 Å². The molecule has 0 bridgehead atoms. The van der Waals surface area contributed by atoms with Crippen molar-refractivity contribution in [3.8, 4) is 0 Å². The number of pyridine rings is 2. The SMILES string of the molecule is CCCCCc1c(C(=O)Nc2ccccc2C)c(=O)cc(C)n1Cc1ccncc1. The monoisotopic (exact) mass is 403 g/mol. The van der Waals surface area contributed by atoms with Gasteiger partial charge in [0.25, 0.3) is 5.91 Å². The van der Waals surface area contributed by atoms with Gasteiger partial charge in [0, 0.05) is 42.1 Å². The summed E-state index contributed by atoms with van der Waals surface area (Å²) in [5, 5.41) is 2.95. The summed E-state index contributed by atoms with van der Waals surface area (Å²) in [6.07, 6.45) is 7.26. The second-order valence-corrected chi connectivity index (χ2v) is 7.64. The second kappa shape index (κ2) is 10.0. The van der Waals surface area contributed by atoms with Gasteiger partial charge in [0.1, 0.15) is 5.56 Å². The van der Waals surface area contributed by atoms with Crippen molar-refractivity contribution in [2.24, 2.45) is 0 Å². The van der Waals surface area contributed by atoms with Crippen LogP contribution in [0.4, 0.5) is 5.69 Å². The predicted octanol–water partition coefficient (Wildman–Crippen LogP) is 4.89. The quantitative estimate of drug-likeness (QED) is 0.545. The highest BCUT2D eigenvalue weighted by molar-refractivity contribution is 6.05. The minimum atomic E-state index is -0.343. The number of benzene rings is 1. The van der Waals surface area contributed by atoms with Crippen LogP contribution in [0.3, 0.4) is 0 Å². The first-order chi connectivity index (χ1) is 14.5. The maximum absolute atomic E-state index is 13.2. The number of hydrogen-bond donors (Lipinski definition) is 1. The van der Waals surface area contributed by atoms with E-state index >= 15 is 0 Å². The van der Waals surface area contributed by atoms with Crippen LogP contribution in [-0.2, 0) is 13.0 Å². The van der Waals surface area contributed by atoms with Gasteiger partial charge in [-0.05, 0) is 56.0 Å². The van der Waals surface area contributed by atoms with Crippen molar-refractivity contribution >= 4 is 11.6 Å². The molecule has 0 unspecified atom stereocenters. The number of hydrogen-bond acceptors (Lipinski definition) is 3. The number of anilines is 1. The van der Waals surface area contributed by atoms with E-state index in [1.807, 2.05) is 50.2 Å². The number of carbonyl (C=O) groups excluding carboxylic acids is 1. The van der Waals surface area contributed by atoms with Gasteiger partial charge in [0.05, 0.1) is 0 Å². The Bertz CT molecular complexity index is 1070. The average molecular weight is 404 g/mol. The fourth-order valence-corrected chi connectivity index (χ4v) is 3.66. The van der Waals surface area contributed by atoms with Gasteiger partial charge in [0.15, 0.2) is 5.43 Å². The molecule has 1 N–H and O–H groups in total. The molecule has 0 saturated heterocycles. The second-order valence-electron chi connectivity index (χ2n) is 7.64. The Labute approximate surface area is 177 Å². The van der Waals surface area contributed by atoms with Crippen molar-refractivity contribution in [3.05, 3.63) is 93.2 Å². The molecule has 2 heterocycles. The van der Waals surface area contributed by atoms with Gasteiger partial charge in [-0.2, -0.15) is 0 Å². The van der Waals surface area contributed by atoms with Crippen molar-refractivity contribution in [2.45, 2.75) is 53.0 Å². The number of aromatic nitrogens is 2. The van der Waals surface area contributed by atoms with Crippen LogP contribution in [0, 0.1) is 13.8 Å². The summed E-state index contributed by atoms with van der Waals surface area (Å²) in [5.41, 5.74) is 4.45. The summed E-state index contributed by atoms with van der Waals surface area (Å²) in [7, 11) is 0. The summed E-state index contributed by atoms with van der Waals surface area (Å²) in [5.74, 6) is -0.343. The molecule has 3 aromatic rings. The van der Waals surface area contributed by atoms with Crippen LogP contribution in [0.5, 0.6) is 0 Å². The van der Waals surface area contributed by atoms with E-state index in [0.717, 1.165) is 47.5 Å². The molecule has 0 radical (unpaired) electrons. The van der Waals surface area contributed by atoms with Crippen LogP contribution in [0.25, 0.3) is 0 Å². The van der Waals surface area contributed by atoms with E-state index in [1.165, 1.54) is 0 Å². The summed E-state index contributed by atoms with van der Waals surface area (Å²) >= 11 is 0. The van der Waals surface area contributed by atoms with Crippen LogP contribution in [0.15, 0.2) is 59.7 Å². The first-order valence-electron chi connectivity index (χ1n) is 10.5. The van der Waals surface area contributed by atoms with E-state index in [2.05, 4.69) is 21.8 Å². The molecular formula is C25H29N3O2. The molecule has 0 saturated carbocycles. The Morgan fingerprint density at radius 1 is 1.07 bits per heavy atom.